The van der Waals surface area contributed by atoms with Crippen LogP contribution in [0.15, 0.2) is 36.4 Å². The van der Waals surface area contributed by atoms with Gasteiger partial charge in [-0.3, -0.25) is 9.59 Å². The van der Waals surface area contributed by atoms with Gasteiger partial charge in [0.05, 0.1) is 19.8 Å². The molecule has 0 spiro atoms. The fourth-order valence-corrected chi connectivity index (χ4v) is 2.75. The normalized spacial score (nSPS) is 14.2. The number of fused-ring (bicyclic) bond motifs is 2. The molecule has 2 aromatic rings. The molecule has 2 aliphatic rings. The average molecular weight is 370 g/mol. The van der Waals surface area contributed by atoms with Gasteiger partial charge in [0.1, 0.15) is 0 Å². The Balaban J connectivity index is 1.33. The minimum absolute atomic E-state index is 0.137. The molecule has 0 saturated heterocycles. The Kier molecular flexibility index (Phi) is 4.69. The number of amides is 2. The first-order valence-electron chi connectivity index (χ1n) is 8.56. The lowest BCUT2D eigenvalue weighted by molar-refractivity contribution is -0.115. The monoisotopic (exact) mass is 370 g/mol. The van der Waals surface area contributed by atoms with Crippen LogP contribution in [0.4, 0.5) is 5.69 Å². The number of carbonyl (C=O) groups excluding carboxylic acids is 2. The first kappa shape index (κ1) is 17.0. The van der Waals surface area contributed by atoms with E-state index in [0.29, 0.717) is 47.5 Å². The molecule has 0 unspecified atom stereocenters. The first-order chi connectivity index (χ1) is 13.2. The van der Waals surface area contributed by atoms with Crippen LogP contribution in [-0.2, 0) is 4.79 Å². The summed E-state index contributed by atoms with van der Waals surface area (Å²) in [5.41, 5.74) is 0.962. The van der Waals surface area contributed by atoms with Crippen LogP contribution < -0.4 is 29.6 Å². The van der Waals surface area contributed by atoms with Crippen molar-refractivity contribution < 1.29 is 28.5 Å². The molecule has 8 nitrogen and oxygen atoms in total. The van der Waals surface area contributed by atoms with Gasteiger partial charge in [0.25, 0.3) is 5.91 Å². The zero-order valence-corrected chi connectivity index (χ0v) is 14.4. The first-order valence-corrected chi connectivity index (χ1v) is 8.56. The third-order valence-electron chi connectivity index (χ3n) is 4.08. The lowest BCUT2D eigenvalue weighted by Crippen LogP contribution is -2.32. The lowest BCUT2D eigenvalue weighted by Gasteiger charge is -2.11. The summed E-state index contributed by atoms with van der Waals surface area (Å²) < 4.78 is 21.6. The molecule has 0 radical (unpaired) electrons. The number of anilines is 1. The summed E-state index contributed by atoms with van der Waals surface area (Å²) in [4.78, 5) is 24.3. The van der Waals surface area contributed by atoms with Crippen molar-refractivity contribution in [2.45, 2.75) is 6.42 Å². The highest BCUT2D eigenvalue weighted by Gasteiger charge is 2.17. The Morgan fingerprint density at radius 1 is 0.852 bits per heavy atom. The molecule has 140 valence electrons. The highest BCUT2D eigenvalue weighted by molar-refractivity contribution is 5.99. The largest absolute Gasteiger partial charge is 0.490 e. The molecule has 0 atom stereocenters. The van der Waals surface area contributed by atoms with Crippen LogP contribution in [-0.4, -0.2) is 38.4 Å². The molecule has 0 saturated carbocycles. The Labute approximate surface area is 155 Å². The number of benzene rings is 2. The minimum atomic E-state index is -0.373. The summed E-state index contributed by atoms with van der Waals surface area (Å²) in [6.45, 7) is 1.14. The van der Waals surface area contributed by atoms with Crippen molar-refractivity contribution in [1.29, 1.82) is 0 Å². The van der Waals surface area contributed by atoms with E-state index in [4.69, 9.17) is 18.9 Å². The quantitative estimate of drug-likeness (QED) is 0.854. The van der Waals surface area contributed by atoms with Crippen molar-refractivity contribution in [3.05, 3.63) is 42.0 Å². The molecule has 0 aliphatic carbocycles. The van der Waals surface area contributed by atoms with E-state index in [-0.39, 0.29) is 25.2 Å². The van der Waals surface area contributed by atoms with Crippen molar-refractivity contribution in [3.8, 4) is 23.0 Å². The maximum absolute atomic E-state index is 12.2. The maximum Gasteiger partial charge on any atom is 0.251 e. The van der Waals surface area contributed by atoms with Crippen molar-refractivity contribution >= 4 is 17.5 Å². The fraction of sp³-hybridized carbons (Fsp3) is 0.263. The number of hydrogen-bond acceptors (Lipinski definition) is 6. The molecule has 27 heavy (non-hydrogen) atoms. The molecular weight excluding hydrogens is 352 g/mol. The molecule has 2 aromatic carbocycles. The molecule has 0 aromatic heterocycles. The Bertz CT molecular complexity index is 882. The number of carbonyl (C=O) groups is 2. The molecule has 0 bridgehead atoms. The topological polar surface area (TPSA) is 95.1 Å². The van der Waals surface area contributed by atoms with Gasteiger partial charge in [0.2, 0.25) is 12.7 Å². The van der Waals surface area contributed by atoms with E-state index in [2.05, 4.69) is 10.6 Å². The number of ether oxygens (including phenoxy) is 4. The van der Waals surface area contributed by atoms with Gasteiger partial charge >= 0.3 is 0 Å². The Morgan fingerprint density at radius 2 is 1.56 bits per heavy atom. The number of nitrogens with one attached hydrogen (secondary N) is 2. The van der Waals surface area contributed by atoms with Crippen LogP contribution in [0.25, 0.3) is 0 Å². The molecule has 0 fully saturated rings. The SMILES string of the molecule is O=C(CNC(=O)c1ccc2c(c1)OCO2)Nc1ccc2c(c1)OCCCO2. The zero-order chi connectivity index (χ0) is 18.6. The molecule has 2 heterocycles. The molecule has 4 rings (SSSR count). The molecule has 8 heteroatoms. The maximum atomic E-state index is 12.2. The molecule has 2 aliphatic heterocycles. The minimum Gasteiger partial charge on any atom is -0.490 e. The second kappa shape index (κ2) is 7.45. The van der Waals surface area contributed by atoms with Crippen molar-refractivity contribution in [2.75, 3.05) is 31.9 Å². The highest BCUT2D eigenvalue weighted by atomic mass is 16.7. The molecule has 2 N–H and O–H groups in total. The van der Waals surface area contributed by atoms with Crippen LogP contribution in [0, 0.1) is 0 Å². The molecule has 2 amide bonds. The summed E-state index contributed by atoms with van der Waals surface area (Å²) >= 11 is 0. The van der Waals surface area contributed by atoms with E-state index in [9.17, 15) is 9.59 Å². The second-order valence-corrected chi connectivity index (χ2v) is 6.01. The predicted molar refractivity (Wildman–Crippen MR) is 95.6 cm³/mol. The Hall–Kier alpha value is -3.42. The number of rotatable bonds is 4. The third-order valence-corrected chi connectivity index (χ3v) is 4.08. The van der Waals surface area contributed by atoms with E-state index in [1.54, 1.807) is 36.4 Å². The number of hydrogen-bond donors (Lipinski definition) is 2. The van der Waals surface area contributed by atoms with E-state index >= 15 is 0 Å². The summed E-state index contributed by atoms with van der Waals surface area (Å²) in [6.07, 6.45) is 0.808. The van der Waals surface area contributed by atoms with Crippen LogP contribution in [0.2, 0.25) is 0 Å². The fourth-order valence-electron chi connectivity index (χ4n) is 2.75. The van der Waals surface area contributed by atoms with E-state index in [1.165, 1.54) is 0 Å². The van der Waals surface area contributed by atoms with Gasteiger partial charge in [-0.15, -0.1) is 0 Å². The third kappa shape index (κ3) is 3.89. The van der Waals surface area contributed by atoms with Gasteiger partial charge in [-0.2, -0.15) is 0 Å². The zero-order valence-electron chi connectivity index (χ0n) is 14.4. The van der Waals surface area contributed by atoms with E-state index in [0.717, 1.165) is 6.42 Å². The van der Waals surface area contributed by atoms with Crippen LogP contribution >= 0.6 is 0 Å². The smallest absolute Gasteiger partial charge is 0.251 e. The van der Waals surface area contributed by atoms with Crippen LogP contribution in [0.1, 0.15) is 16.8 Å². The van der Waals surface area contributed by atoms with Gasteiger partial charge in [0, 0.05) is 23.7 Å². The summed E-state index contributed by atoms with van der Waals surface area (Å²) in [7, 11) is 0. The van der Waals surface area contributed by atoms with Crippen LogP contribution in [0.3, 0.4) is 0 Å². The van der Waals surface area contributed by atoms with Gasteiger partial charge < -0.3 is 29.6 Å². The van der Waals surface area contributed by atoms with E-state index in [1.807, 2.05) is 0 Å². The summed E-state index contributed by atoms with van der Waals surface area (Å²) in [5, 5.41) is 5.31. The average Bonchev–Trinajstić information content (AvgIpc) is 3.02. The van der Waals surface area contributed by atoms with Crippen molar-refractivity contribution in [2.24, 2.45) is 0 Å². The summed E-state index contributed by atoms with van der Waals surface area (Å²) in [5.74, 6) is 1.63. The summed E-state index contributed by atoms with van der Waals surface area (Å²) in [6, 6.07) is 10.0. The Morgan fingerprint density at radius 3 is 2.44 bits per heavy atom. The van der Waals surface area contributed by atoms with E-state index < -0.39 is 0 Å². The van der Waals surface area contributed by atoms with Crippen LogP contribution in [0.5, 0.6) is 23.0 Å². The molecular formula is C19H18N2O6. The standard InChI is InChI=1S/C19H18N2O6/c22-18(21-13-3-5-14-17(9-13)25-7-1-6-24-14)10-20-19(23)12-2-4-15-16(8-12)27-11-26-15/h2-5,8-9H,1,6-7,10-11H2,(H,20,23)(H,21,22). The van der Waals surface area contributed by atoms with Crippen molar-refractivity contribution in [1.82, 2.24) is 5.32 Å². The van der Waals surface area contributed by atoms with Gasteiger partial charge in [-0.1, -0.05) is 0 Å². The van der Waals surface area contributed by atoms with Gasteiger partial charge in [-0.05, 0) is 30.3 Å². The predicted octanol–water partition coefficient (Wildman–Crippen LogP) is 1.95. The van der Waals surface area contributed by atoms with Gasteiger partial charge in [0.15, 0.2) is 23.0 Å². The lowest BCUT2D eigenvalue weighted by atomic mass is 10.2. The van der Waals surface area contributed by atoms with Crippen molar-refractivity contribution in [3.63, 3.8) is 0 Å². The highest BCUT2D eigenvalue weighted by Crippen LogP contribution is 2.33. The second-order valence-electron chi connectivity index (χ2n) is 6.01. The van der Waals surface area contributed by atoms with Gasteiger partial charge in [-0.25, -0.2) is 0 Å².